The fraction of sp³-hybridized carbons (Fsp3) is 0.143. The van der Waals surface area contributed by atoms with Crippen molar-refractivity contribution in [3.63, 3.8) is 0 Å². The lowest BCUT2D eigenvalue weighted by Gasteiger charge is -2.33. The van der Waals surface area contributed by atoms with Crippen LogP contribution in [0.15, 0.2) is 96.2 Å². The summed E-state index contributed by atoms with van der Waals surface area (Å²) in [5.74, 6) is 3.24. The normalized spacial score (nSPS) is 14.7. The largest absolute Gasteiger partial charge is 0.457 e. The summed E-state index contributed by atoms with van der Waals surface area (Å²) in [5.41, 5.74) is 11.4. The summed E-state index contributed by atoms with van der Waals surface area (Å²) >= 11 is 7.91. The molecule has 1 unspecified atom stereocenters. The van der Waals surface area contributed by atoms with Crippen molar-refractivity contribution >= 4 is 40.6 Å². The lowest BCUT2D eigenvalue weighted by atomic mass is 9.94. The lowest BCUT2D eigenvalue weighted by molar-refractivity contribution is 0.482. The molecule has 2 heterocycles. The zero-order valence-electron chi connectivity index (χ0n) is 19.8. The van der Waals surface area contributed by atoms with Gasteiger partial charge in [0, 0.05) is 46.3 Å². The van der Waals surface area contributed by atoms with Crippen LogP contribution in [-0.2, 0) is 0 Å². The van der Waals surface area contributed by atoms with Crippen molar-refractivity contribution in [3.05, 3.63) is 113 Å². The Kier molecular flexibility index (Phi) is 7.41. The molecular weight excluding hydrogens is 490 g/mol. The van der Waals surface area contributed by atoms with E-state index in [1.165, 1.54) is 0 Å². The highest BCUT2D eigenvalue weighted by atomic mass is 35.5. The highest BCUT2D eigenvalue weighted by Crippen LogP contribution is 2.34. The second-order valence-corrected chi connectivity index (χ2v) is 9.65. The van der Waals surface area contributed by atoms with Gasteiger partial charge in [0.2, 0.25) is 0 Å². The molecule has 4 aromatic rings. The SMILES string of the molecule is CSCCNc1cc(Oc2ccc(N3N=C(c4ccc(Cl)cc4)c4ccccc4C3N)cc2)ccn1. The minimum atomic E-state index is -0.417. The molecule has 0 spiro atoms. The third-order valence-electron chi connectivity index (χ3n) is 5.80. The van der Waals surface area contributed by atoms with E-state index < -0.39 is 6.17 Å². The smallest absolute Gasteiger partial charge is 0.132 e. The van der Waals surface area contributed by atoms with Gasteiger partial charge in [-0.15, -0.1) is 0 Å². The molecule has 1 aliphatic rings. The maximum atomic E-state index is 6.67. The van der Waals surface area contributed by atoms with Gasteiger partial charge in [-0.1, -0.05) is 48.0 Å². The maximum Gasteiger partial charge on any atom is 0.132 e. The van der Waals surface area contributed by atoms with Gasteiger partial charge >= 0.3 is 0 Å². The molecule has 1 atom stereocenters. The fourth-order valence-electron chi connectivity index (χ4n) is 4.02. The number of rotatable bonds is 8. The molecule has 6 nitrogen and oxygen atoms in total. The molecule has 0 radical (unpaired) electrons. The van der Waals surface area contributed by atoms with Crippen molar-refractivity contribution in [1.82, 2.24) is 4.98 Å². The van der Waals surface area contributed by atoms with Crippen LogP contribution >= 0.6 is 23.4 Å². The second-order valence-electron chi connectivity index (χ2n) is 8.22. The molecule has 36 heavy (non-hydrogen) atoms. The van der Waals surface area contributed by atoms with E-state index >= 15 is 0 Å². The molecule has 3 aromatic carbocycles. The number of nitrogens with one attached hydrogen (secondary N) is 1. The zero-order chi connectivity index (χ0) is 24.9. The number of nitrogens with two attached hydrogens (primary N) is 1. The Hall–Kier alpha value is -3.52. The molecule has 0 amide bonds. The van der Waals surface area contributed by atoms with Crippen molar-refractivity contribution in [3.8, 4) is 11.5 Å². The number of thioether (sulfide) groups is 1. The second kappa shape index (κ2) is 11.0. The Morgan fingerprint density at radius 3 is 2.56 bits per heavy atom. The molecule has 0 aliphatic carbocycles. The molecule has 0 bridgehead atoms. The fourth-order valence-corrected chi connectivity index (χ4v) is 4.45. The van der Waals surface area contributed by atoms with E-state index in [0.717, 1.165) is 52.0 Å². The van der Waals surface area contributed by atoms with Crippen LogP contribution in [0.1, 0.15) is 22.9 Å². The molecule has 3 N–H and O–H groups in total. The topological polar surface area (TPSA) is 75.8 Å². The van der Waals surface area contributed by atoms with E-state index in [4.69, 9.17) is 27.2 Å². The van der Waals surface area contributed by atoms with Crippen molar-refractivity contribution in [2.45, 2.75) is 6.17 Å². The van der Waals surface area contributed by atoms with Gasteiger partial charge in [0.05, 0.1) is 11.4 Å². The minimum Gasteiger partial charge on any atom is -0.457 e. The van der Waals surface area contributed by atoms with Gasteiger partial charge < -0.3 is 15.8 Å². The Morgan fingerprint density at radius 1 is 1.00 bits per heavy atom. The molecule has 0 saturated carbocycles. The first-order valence-corrected chi connectivity index (χ1v) is 13.3. The highest BCUT2D eigenvalue weighted by molar-refractivity contribution is 7.98. The lowest BCUT2D eigenvalue weighted by Crippen LogP contribution is -2.36. The van der Waals surface area contributed by atoms with Crippen molar-refractivity contribution < 1.29 is 4.74 Å². The molecule has 1 aromatic heterocycles. The minimum absolute atomic E-state index is 0.417. The van der Waals surface area contributed by atoms with Crippen LogP contribution in [0.2, 0.25) is 5.02 Å². The number of aromatic nitrogens is 1. The summed E-state index contributed by atoms with van der Waals surface area (Å²) in [7, 11) is 0. The number of fused-ring (bicyclic) bond motifs is 1. The number of pyridine rings is 1. The molecule has 0 saturated heterocycles. The number of hydrogen-bond donors (Lipinski definition) is 2. The van der Waals surface area contributed by atoms with E-state index in [2.05, 4.69) is 22.6 Å². The van der Waals surface area contributed by atoms with E-state index in [9.17, 15) is 0 Å². The third-order valence-corrected chi connectivity index (χ3v) is 6.67. The Morgan fingerprint density at radius 2 is 1.78 bits per heavy atom. The van der Waals surface area contributed by atoms with Crippen molar-refractivity contribution in [2.75, 3.05) is 28.9 Å². The molecule has 8 heteroatoms. The standard InChI is InChI=1S/C28H26ClN5OS/c1-36-17-16-32-26-18-23(14-15-31-26)35-22-12-10-21(11-13-22)34-28(30)25-5-3-2-4-24(25)27(33-34)19-6-8-20(29)9-7-19/h2-15,18,28H,16-17,30H2,1H3,(H,31,32). The van der Waals surface area contributed by atoms with Gasteiger partial charge in [-0.2, -0.15) is 16.9 Å². The van der Waals surface area contributed by atoms with Gasteiger partial charge in [0.15, 0.2) is 0 Å². The van der Waals surface area contributed by atoms with E-state index in [0.29, 0.717) is 10.8 Å². The quantitative estimate of drug-likeness (QED) is 0.260. The summed E-state index contributed by atoms with van der Waals surface area (Å²) < 4.78 is 6.07. The van der Waals surface area contributed by atoms with Gasteiger partial charge in [-0.05, 0) is 48.7 Å². The molecule has 5 rings (SSSR count). The van der Waals surface area contributed by atoms with Crippen molar-refractivity contribution in [1.29, 1.82) is 0 Å². The van der Waals surface area contributed by atoms with Gasteiger partial charge in [-0.25, -0.2) is 9.99 Å². The predicted octanol–water partition coefficient (Wildman–Crippen LogP) is 6.53. The van der Waals surface area contributed by atoms with Crippen LogP contribution in [0.4, 0.5) is 11.5 Å². The van der Waals surface area contributed by atoms with E-state index in [1.54, 1.807) is 18.0 Å². The van der Waals surface area contributed by atoms with E-state index in [1.807, 2.05) is 83.9 Å². The van der Waals surface area contributed by atoms with Crippen LogP contribution in [0.25, 0.3) is 0 Å². The van der Waals surface area contributed by atoms with Crippen LogP contribution in [-0.4, -0.2) is 29.2 Å². The van der Waals surface area contributed by atoms with Crippen LogP contribution < -0.4 is 20.8 Å². The highest BCUT2D eigenvalue weighted by Gasteiger charge is 2.27. The predicted molar refractivity (Wildman–Crippen MR) is 151 cm³/mol. The first-order valence-electron chi connectivity index (χ1n) is 11.6. The van der Waals surface area contributed by atoms with Crippen molar-refractivity contribution in [2.24, 2.45) is 10.8 Å². The molecule has 1 aliphatic heterocycles. The summed E-state index contributed by atoms with van der Waals surface area (Å²) in [6, 6.07) is 27.3. The van der Waals surface area contributed by atoms with Crippen LogP contribution in [0.5, 0.6) is 11.5 Å². The third kappa shape index (κ3) is 5.33. The summed E-state index contributed by atoms with van der Waals surface area (Å²) in [5, 5.41) is 10.8. The Balaban J connectivity index is 1.39. The number of benzene rings is 3. The number of hydrogen-bond acceptors (Lipinski definition) is 7. The number of hydrazone groups is 1. The summed E-state index contributed by atoms with van der Waals surface area (Å²) in [6.45, 7) is 0.851. The molecular formula is C28H26ClN5OS. The van der Waals surface area contributed by atoms with E-state index in [-0.39, 0.29) is 0 Å². The van der Waals surface area contributed by atoms with Gasteiger partial charge in [-0.3, -0.25) is 0 Å². The molecule has 182 valence electrons. The summed E-state index contributed by atoms with van der Waals surface area (Å²) in [4.78, 5) is 4.35. The summed E-state index contributed by atoms with van der Waals surface area (Å²) in [6.07, 6.45) is 3.40. The molecule has 0 fully saturated rings. The first kappa shape index (κ1) is 24.2. The number of anilines is 2. The average Bonchev–Trinajstić information content (AvgIpc) is 2.91. The number of halogens is 1. The van der Waals surface area contributed by atoms with Crippen LogP contribution in [0.3, 0.4) is 0 Å². The van der Waals surface area contributed by atoms with Crippen LogP contribution in [0, 0.1) is 0 Å². The monoisotopic (exact) mass is 515 g/mol. The Labute approximate surface area is 220 Å². The number of ether oxygens (including phenoxy) is 1. The maximum absolute atomic E-state index is 6.67. The first-order chi connectivity index (χ1) is 17.6. The van der Waals surface area contributed by atoms with Gasteiger partial charge in [0.1, 0.15) is 23.5 Å². The number of nitrogens with zero attached hydrogens (tertiary/aromatic N) is 3. The Bertz CT molecular complexity index is 1360. The van der Waals surface area contributed by atoms with Gasteiger partial charge in [0.25, 0.3) is 0 Å². The zero-order valence-corrected chi connectivity index (χ0v) is 21.3. The average molecular weight is 516 g/mol.